The Bertz CT molecular complexity index is 2730. The van der Waals surface area contributed by atoms with Crippen molar-refractivity contribution in [2.24, 2.45) is 0 Å². The minimum absolute atomic E-state index is 0.139. The molecule has 8 aromatic carbocycles. The average Bonchev–Trinajstić information content (AvgIpc) is 3.61. The highest BCUT2D eigenvalue weighted by atomic mass is 16.5. The van der Waals surface area contributed by atoms with Crippen molar-refractivity contribution in [3.63, 3.8) is 0 Å². The molecule has 1 aliphatic heterocycles. The third-order valence-corrected chi connectivity index (χ3v) is 11.9. The topological polar surface area (TPSA) is 12.5 Å². The normalized spacial score (nSPS) is 14.8. The molecule has 0 bridgehead atoms. The van der Waals surface area contributed by atoms with Crippen LogP contribution in [0.25, 0.3) is 33.0 Å². The lowest BCUT2D eigenvalue weighted by Crippen LogP contribution is -2.34. The third-order valence-electron chi connectivity index (χ3n) is 11.9. The second-order valence-electron chi connectivity index (χ2n) is 14.9. The molecule has 0 atom stereocenters. The number of hydrogen-bond donors (Lipinski definition) is 0. The first kappa shape index (κ1) is 29.4. The lowest BCUT2D eigenvalue weighted by molar-refractivity contribution is 0.437. The summed E-state index contributed by atoms with van der Waals surface area (Å²) >= 11 is 0. The van der Waals surface area contributed by atoms with Gasteiger partial charge in [-0.1, -0.05) is 147 Å². The number of nitrogens with zero attached hydrogens (tertiary/aromatic N) is 1. The molecule has 11 rings (SSSR count). The van der Waals surface area contributed by atoms with Gasteiger partial charge in [-0.05, 0) is 97.7 Å². The van der Waals surface area contributed by atoms with Gasteiger partial charge in [0.2, 0.25) is 0 Å². The van der Waals surface area contributed by atoms with Gasteiger partial charge in [0.15, 0.2) is 0 Å². The zero-order valence-electron chi connectivity index (χ0n) is 29.1. The fraction of sp³-hybridized carbons (Fsp3) is 0.0800. The van der Waals surface area contributed by atoms with Crippen LogP contribution in [0.5, 0.6) is 11.5 Å². The van der Waals surface area contributed by atoms with Crippen molar-refractivity contribution in [2.75, 3.05) is 4.90 Å². The molecule has 0 saturated carbocycles. The molecule has 1 spiro atoms. The van der Waals surface area contributed by atoms with Gasteiger partial charge in [0.05, 0.1) is 11.1 Å². The monoisotopic (exact) mass is 665 g/mol. The number of hydrogen-bond acceptors (Lipinski definition) is 2. The number of benzene rings is 8. The second-order valence-corrected chi connectivity index (χ2v) is 14.9. The van der Waals surface area contributed by atoms with Gasteiger partial charge < -0.3 is 9.64 Å². The molecule has 0 unspecified atom stereocenters. The molecular weight excluding hydrogens is 631 g/mol. The van der Waals surface area contributed by atoms with Crippen LogP contribution >= 0.6 is 0 Å². The van der Waals surface area contributed by atoms with E-state index in [-0.39, 0.29) is 5.41 Å². The average molecular weight is 666 g/mol. The number of ether oxygens (including phenoxy) is 1. The summed E-state index contributed by atoms with van der Waals surface area (Å²) in [5, 5.41) is 2.43. The lowest BCUT2D eigenvalue weighted by atomic mass is 9.65. The van der Waals surface area contributed by atoms with Crippen molar-refractivity contribution in [3.8, 4) is 33.8 Å². The largest absolute Gasteiger partial charge is 0.457 e. The van der Waals surface area contributed by atoms with E-state index in [4.69, 9.17) is 4.74 Å². The maximum Gasteiger partial charge on any atom is 0.134 e. The maximum absolute atomic E-state index is 6.95. The van der Waals surface area contributed by atoms with Gasteiger partial charge in [-0.15, -0.1) is 0 Å². The summed E-state index contributed by atoms with van der Waals surface area (Å²) in [5.74, 6) is 1.77. The number of anilines is 3. The second kappa shape index (κ2) is 10.6. The molecule has 246 valence electrons. The molecule has 2 heteroatoms. The fourth-order valence-electron chi connectivity index (χ4n) is 9.66. The summed E-state index contributed by atoms with van der Waals surface area (Å²) in [5.41, 5.74) is 15.4. The molecule has 8 aromatic rings. The summed E-state index contributed by atoms with van der Waals surface area (Å²) in [6, 6.07) is 64.6. The first-order chi connectivity index (χ1) is 25.5. The SMILES string of the molecule is CC1(C)c2ccccc2-c2ccc(N(c3ccc4ccccc4c3)c3cccc4c3C3(c5ccccc5O4)c4ccccc4-c4ccccc43)cc21. The van der Waals surface area contributed by atoms with E-state index in [2.05, 4.69) is 195 Å². The molecule has 3 aliphatic rings. The minimum Gasteiger partial charge on any atom is -0.457 e. The Balaban J connectivity index is 1.25. The van der Waals surface area contributed by atoms with Crippen LogP contribution in [0.2, 0.25) is 0 Å². The zero-order chi connectivity index (χ0) is 34.6. The molecule has 2 aliphatic carbocycles. The van der Waals surface area contributed by atoms with Crippen molar-refractivity contribution >= 4 is 27.8 Å². The van der Waals surface area contributed by atoms with Crippen LogP contribution in [0.3, 0.4) is 0 Å². The van der Waals surface area contributed by atoms with Gasteiger partial charge >= 0.3 is 0 Å². The summed E-state index contributed by atoms with van der Waals surface area (Å²) in [6.45, 7) is 4.72. The van der Waals surface area contributed by atoms with E-state index >= 15 is 0 Å². The first-order valence-electron chi connectivity index (χ1n) is 18.2. The van der Waals surface area contributed by atoms with Crippen molar-refractivity contribution in [3.05, 3.63) is 209 Å². The van der Waals surface area contributed by atoms with Gasteiger partial charge in [-0.25, -0.2) is 0 Å². The van der Waals surface area contributed by atoms with Crippen LogP contribution in [0.4, 0.5) is 17.1 Å². The van der Waals surface area contributed by atoms with Crippen LogP contribution in [-0.4, -0.2) is 0 Å². The molecular formula is C50H35NO. The Labute approximate surface area is 304 Å². The van der Waals surface area contributed by atoms with E-state index in [0.717, 1.165) is 39.7 Å². The highest BCUT2D eigenvalue weighted by molar-refractivity contribution is 5.95. The van der Waals surface area contributed by atoms with Crippen LogP contribution in [0, 0.1) is 0 Å². The summed E-state index contributed by atoms with van der Waals surface area (Å²) < 4.78 is 6.95. The molecule has 0 saturated heterocycles. The van der Waals surface area contributed by atoms with Crippen molar-refractivity contribution in [1.29, 1.82) is 0 Å². The van der Waals surface area contributed by atoms with Crippen LogP contribution in [0.15, 0.2) is 176 Å². The molecule has 0 fully saturated rings. The highest BCUT2D eigenvalue weighted by Gasteiger charge is 2.52. The Morgan fingerprint density at radius 3 is 1.69 bits per heavy atom. The van der Waals surface area contributed by atoms with Crippen LogP contribution < -0.4 is 9.64 Å². The van der Waals surface area contributed by atoms with Crippen LogP contribution in [-0.2, 0) is 10.8 Å². The Hall–Kier alpha value is -6.38. The van der Waals surface area contributed by atoms with Crippen molar-refractivity contribution < 1.29 is 4.74 Å². The van der Waals surface area contributed by atoms with Gasteiger partial charge in [-0.3, -0.25) is 0 Å². The molecule has 0 radical (unpaired) electrons. The molecule has 0 aromatic heterocycles. The van der Waals surface area contributed by atoms with E-state index in [1.54, 1.807) is 0 Å². The van der Waals surface area contributed by atoms with Crippen molar-refractivity contribution in [2.45, 2.75) is 24.7 Å². The van der Waals surface area contributed by atoms with Gasteiger partial charge in [-0.2, -0.15) is 0 Å². The quantitative estimate of drug-likeness (QED) is 0.186. The molecule has 2 nitrogen and oxygen atoms in total. The van der Waals surface area contributed by atoms with Crippen molar-refractivity contribution in [1.82, 2.24) is 0 Å². The summed E-state index contributed by atoms with van der Waals surface area (Å²) in [4.78, 5) is 2.48. The summed E-state index contributed by atoms with van der Waals surface area (Å²) in [7, 11) is 0. The summed E-state index contributed by atoms with van der Waals surface area (Å²) in [6.07, 6.45) is 0. The first-order valence-corrected chi connectivity index (χ1v) is 18.2. The van der Waals surface area contributed by atoms with Gasteiger partial charge in [0, 0.05) is 27.9 Å². The predicted octanol–water partition coefficient (Wildman–Crippen LogP) is 13.1. The lowest BCUT2D eigenvalue weighted by Gasteiger charge is -2.42. The fourth-order valence-corrected chi connectivity index (χ4v) is 9.66. The Morgan fingerprint density at radius 1 is 0.404 bits per heavy atom. The number of rotatable bonds is 3. The van der Waals surface area contributed by atoms with Gasteiger partial charge in [0.25, 0.3) is 0 Å². The Kier molecular flexibility index (Phi) is 5.97. The molecule has 0 amide bonds. The molecule has 1 heterocycles. The standard InChI is InChI=1S/C50H35NO/c1-49(2)40-19-8-5-16-36(40)39-29-28-35(31-44(39)49)51(34-27-26-32-14-3-4-15-33(32)30-34)45-23-13-25-47-48(45)50(43-22-11-12-24-46(43)52-47)41-20-9-6-17-37(41)38-18-7-10-21-42(38)50/h3-31H,1-2H3. The minimum atomic E-state index is -0.602. The van der Waals surface area contributed by atoms with E-state index in [9.17, 15) is 0 Å². The third kappa shape index (κ3) is 3.79. The van der Waals surface area contributed by atoms with Gasteiger partial charge in [0.1, 0.15) is 11.5 Å². The smallest absolute Gasteiger partial charge is 0.134 e. The number of para-hydroxylation sites is 1. The Morgan fingerprint density at radius 2 is 0.942 bits per heavy atom. The van der Waals surface area contributed by atoms with Crippen LogP contribution in [0.1, 0.15) is 47.2 Å². The van der Waals surface area contributed by atoms with E-state index in [0.29, 0.717) is 0 Å². The maximum atomic E-state index is 6.95. The highest BCUT2D eigenvalue weighted by Crippen LogP contribution is 2.64. The van der Waals surface area contributed by atoms with E-state index < -0.39 is 5.41 Å². The predicted molar refractivity (Wildman–Crippen MR) is 214 cm³/mol. The van der Waals surface area contributed by atoms with E-state index in [1.165, 1.54) is 55.3 Å². The van der Waals surface area contributed by atoms with E-state index in [1.807, 2.05) is 0 Å². The zero-order valence-corrected chi connectivity index (χ0v) is 29.1. The molecule has 52 heavy (non-hydrogen) atoms. The number of fused-ring (bicyclic) bond motifs is 13. The molecule has 0 N–H and O–H groups in total.